The molecule has 1 aromatic heterocycles. The first-order valence-corrected chi connectivity index (χ1v) is 8.98. The molecule has 31 heavy (non-hydrogen) atoms. The highest BCUT2D eigenvalue weighted by molar-refractivity contribution is 6.32. The Morgan fingerprint density at radius 3 is 2.42 bits per heavy atom. The van der Waals surface area contributed by atoms with Crippen molar-refractivity contribution in [3.8, 4) is 0 Å². The summed E-state index contributed by atoms with van der Waals surface area (Å²) in [5, 5.41) is 25.4. The average Bonchev–Trinajstić information content (AvgIpc) is 2.73. The molecule has 0 atom stereocenters. The van der Waals surface area contributed by atoms with Gasteiger partial charge in [0.15, 0.2) is 0 Å². The van der Waals surface area contributed by atoms with Crippen molar-refractivity contribution in [2.75, 3.05) is 10.7 Å². The Labute approximate surface area is 179 Å². The van der Waals surface area contributed by atoms with Crippen LogP contribution in [0.2, 0.25) is 5.02 Å². The van der Waals surface area contributed by atoms with Gasteiger partial charge in [-0.3, -0.25) is 35.9 Å². The summed E-state index contributed by atoms with van der Waals surface area (Å²) < 4.78 is 0. The SMILES string of the molecule is Cc1ccccc1Nc1ncnc(NNC(=O)c2ccc(Cl)c([N+](=O)[O-])c2)c1[N+](=O)[O-]. The summed E-state index contributed by atoms with van der Waals surface area (Å²) in [6.45, 7) is 1.82. The summed E-state index contributed by atoms with van der Waals surface area (Å²) in [4.78, 5) is 41.2. The maximum absolute atomic E-state index is 12.3. The zero-order valence-electron chi connectivity index (χ0n) is 15.8. The van der Waals surface area contributed by atoms with Gasteiger partial charge in [0, 0.05) is 17.3 Å². The number of carbonyl (C=O) groups is 1. The number of nitro benzene ring substituents is 1. The van der Waals surface area contributed by atoms with Crippen molar-refractivity contribution >= 4 is 46.2 Å². The van der Waals surface area contributed by atoms with Gasteiger partial charge < -0.3 is 5.32 Å². The number of nitrogens with one attached hydrogen (secondary N) is 3. The Morgan fingerprint density at radius 1 is 1.03 bits per heavy atom. The molecular weight excluding hydrogens is 430 g/mol. The van der Waals surface area contributed by atoms with E-state index in [1.807, 2.05) is 19.1 Å². The first-order valence-electron chi connectivity index (χ1n) is 8.60. The fraction of sp³-hybridized carbons (Fsp3) is 0.0556. The van der Waals surface area contributed by atoms with E-state index in [0.717, 1.165) is 18.0 Å². The van der Waals surface area contributed by atoms with Crippen molar-refractivity contribution in [3.05, 3.63) is 85.2 Å². The largest absolute Gasteiger partial charge is 0.355 e. The first-order chi connectivity index (χ1) is 14.8. The number of hydrogen-bond donors (Lipinski definition) is 3. The van der Waals surface area contributed by atoms with E-state index in [0.29, 0.717) is 5.69 Å². The van der Waals surface area contributed by atoms with Crippen LogP contribution in [0.25, 0.3) is 0 Å². The molecule has 0 radical (unpaired) electrons. The van der Waals surface area contributed by atoms with Crippen LogP contribution < -0.4 is 16.2 Å². The van der Waals surface area contributed by atoms with Crippen LogP contribution in [0.3, 0.4) is 0 Å². The van der Waals surface area contributed by atoms with E-state index in [2.05, 4.69) is 26.1 Å². The molecule has 0 saturated heterocycles. The highest BCUT2D eigenvalue weighted by Crippen LogP contribution is 2.31. The molecule has 1 amide bonds. The normalized spacial score (nSPS) is 10.3. The highest BCUT2D eigenvalue weighted by Gasteiger charge is 2.24. The summed E-state index contributed by atoms with van der Waals surface area (Å²) in [5.41, 5.74) is 4.98. The number of para-hydroxylation sites is 1. The number of hydrogen-bond acceptors (Lipinski definition) is 9. The van der Waals surface area contributed by atoms with Gasteiger partial charge in [-0.2, -0.15) is 0 Å². The van der Waals surface area contributed by atoms with Crippen LogP contribution >= 0.6 is 11.6 Å². The second-order valence-electron chi connectivity index (χ2n) is 6.12. The molecular formula is C18H14ClN7O5. The molecule has 3 N–H and O–H groups in total. The Morgan fingerprint density at radius 2 is 1.74 bits per heavy atom. The topological polar surface area (TPSA) is 165 Å². The number of halogens is 1. The number of anilines is 3. The molecule has 158 valence electrons. The fourth-order valence-corrected chi connectivity index (χ4v) is 2.74. The molecule has 1 heterocycles. The number of nitrogens with zero attached hydrogens (tertiary/aromatic N) is 4. The van der Waals surface area contributed by atoms with E-state index in [1.54, 1.807) is 12.1 Å². The molecule has 0 spiro atoms. The first kappa shape index (κ1) is 21.4. The Bertz CT molecular complexity index is 1190. The second kappa shape index (κ2) is 9.00. The number of amides is 1. The van der Waals surface area contributed by atoms with Gasteiger partial charge in [-0.1, -0.05) is 29.8 Å². The van der Waals surface area contributed by atoms with Crippen molar-refractivity contribution in [1.82, 2.24) is 15.4 Å². The highest BCUT2D eigenvalue weighted by atomic mass is 35.5. The molecule has 12 nitrogen and oxygen atoms in total. The van der Waals surface area contributed by atoms with Crippen molar-refractivity contribution in [2.45, 2.75) is 6.92 Å². The van der Waals surface area contributed by atoms with Gasteiger partial charge in [0.05, 0.1) is 9.85 Å². The van der Waals surface area contributed by atoms with Crippen LogP contribution in [0.4, 0.5) is 28.7 Å². The van der Waals surface area contributed by atoms with Gasteiger partial charge in [-0.15, -0.1) is 0 Å². The number of aryl methyl sites for hydroxylation is 1. The molecule has 0 aliphatic heterocycles. The standard InChI is InChI=1S/C18H14ClN7O5/c1-10-4-2-3-5-13(10)22-16-15(26(30)31)17(21-9-20-16)23-24-18(27)11-6-7-12(19)14(8-11)25(28)29/h2-9H,1H3,(H,24,27)(H2,20,21,22,23). The lowest BCUT2D eigenvalue weighted by Gasteiger charge is -2.12. The Kier molecular flexibility index (Phi) is 6.21. The maximum atomic E-state index is 12.3. The molecule has 0 saturated carbocycles. The third-order valence-corrected chi connectivity index (χ3v) is 4.42. The Balaban J connectivity index is 1.84. The molecule has 13 heteroatoms. The number of hydrazine groups is 1. The predicted octanol–water partition coefficient (Wildman–Crippen LogP) is 3.76. The van der Waals surface area contributed by atoms with Gasteiger partial charge >= 0.3 is 5.69 Å². The smallest absolute Gasteiger partial charge is 0.334 e. The Hall–Kier alpha value is -4.32. The second-order valence-corrected chi connectivity index (χ2v) is 6.53. The molecule has 3 aromatic rings. The van der Waals surface area contributed by atoms with Crippen LogP contribution in [0.5, 0.6) is 0 Å². The number of nitro groups is 2. The van der Waals surface area contributed by atoms with Gasteiger partial charge in [-0.05, 0) is 30.7 Å². The molecule has 0 fully saturated rings. The fourth-order valence-electron chi connectivity index (χ4n) is 2.56. The van der Waals surface area contributed by atoms with Crippen molar-refractivity contribution < 1.29 is 14.6 Å². The van der Waals surface area contributed by atoms with E-state index in [9.17, 15) is 25.0 Å². The lowest BCUT2D eigenvalue weighted by Crippen LogP contribution is -2.30. The molecule has 0 aliphatic rings. The van der Waals surface area contributed by atoms with Crippen LogP contribution in [0.15, 0.2) is 48.8 Å². The van der Waals surface area contributed by atoms with E-state index in [4.69, 9.17) is 11.6 Å². The number of carbonyl (C=O) groups excluding carboxylic acids is 1. The minimum atomic E-state index is -0.791. The van der Waals surface area contributed by atoms with Crippen LogP contribution in [-0.2, 0) is 0 Å². The van der Waals surface area contributed by atoms with Crippen LogP contribution in [0, 0.1) is 27.2 Å². The van der Waals surface area contributed by atoms with E-state index in [-0.39, 0.29) is 22.2 Å². The van der Waals surface area contributed by atoms with Gasteiger partial charge in [0.25, 0.3) is 11.6 Å². The van der Waals surface area contributed by atoms with Crippen LogP contribution in [-0.4, -0.2) is 25.7 Å². The zero-order chi connectivity index (χ0) is 22.5. The molecule has 0 aliphatic carbocycles. The predicted molar refractivity (Wildman–Crippen MR) is 112 cm³/mol. The monoisotopic (exact) mass is 443 g/mol. The minimum absolute atomic E-state index is 0.0847. The quantitative estimate of drug-likeness (QED) is 0.364. The number of rotatable bonds is 7. The summed E-state index contributed by atoms with van der Waals surface area (Å²) in [6.07, 6.45) is 1.08. The molecule has 2 aromatic carbocycles. The summed E-state index contributed by atoms with van der Waals surface area (Å²) >= 11 is 5.73. The zero-order valence-corrected chi connectivity index (χ0v) is 16.6. The van der Waals surface area contributed by atoms with Gasteiger partial charge in [0.2, 0.25) is 11.6 Å². The molecule has 3 rings (SSSR count). The van der Waals surface area contributed by atoms with Gasteiger partial charge in [0.1, 0.15) is 11.3 Å². The van der Waals surface area contributed by atoms with Crippen molar-refractivity contribution in [2.24, 2.45) is 0 Å². The van der Waals surface area contributed by atoms with Crippen molar-refractivity contribution in [3.63, 3.8) is 0 Å². The average molecular weight is 444 g/mol. The minimum Gasteiger partial charge on any atom is -0.334 e. The number of aromatic nitrogens is 2. The van der Waals surface area contributed by atoms with E-state index in [1.165, 1.54) is 12.1 Å². The van der Waals surface area contributed by atoms with Gasteiger partial charge in [-0.25, -0.2) is 9.97 Å². The van der Waals surface area contributed by atoms with Crippen molar-refractivity contribution in [1.29, 1.82) is 0 Å². The maximum Gasteiger partial charge on any atom is 0.355 e. The summed E-state index contributed by atoms with van der Waals surface area (Å²) in [5.74, 6) is -1.16. The molecule has 0 unspecified atom stereocenters. The lowest BCUT2D eigenvalue weighted by atomic mass is 10.2. The van der Waals surface area contributed by atoms with Crippen LogP contribution in [0.1, 0.15) is 15.9 Å². The number of benzene rings is 2. The third kappa shape index (κ3) is 4.82. The summed E-state index contributed by atoms with van der Waals surface area (Å²) in [7, 11) is 0. The lowest BCUT2D eigenvalue weighted by molar-refractivity contribution is -0.384. The summed E-state index contributed by atoms with van der Waals surface area (Å²) in [6, 6.07) is 10.6. The molecule has 0 bridgehead atoms. The van der Waals surface area contributed by atoms with E-state index >= 15 is 0 Å². The third-order valence-electron chi connectivity index (χ3n) is 4.10. The van der Waals surface area contributed by atoms with E-state index < -0.39 is 27.1 Å².